The molecule has 2 rings (SSSR count). The van der Waals surface area contributed by atoms with Gasteiger partial charge in [-0.05, 0) is 19.4 Å². The van der Waals surface area contributed by atoms with E-state index in [9.17, 15) is 5.11 Å². The van der Waals surface area contributed by atoms with Gasteiger partial charge in [0, 0.05) is 25.8 Å². The molecule has 1 aromatic rings. The van der Waals surface area contributed by atoms with E-state index in [4.69, 9.17) is 4.74 Å². The van der Waals surface area contributed by atoms with Crippen molar-refractivity contribution in [3.63, 3.8) is 0 Å². The Labute approximate surface area is 83.5 Å². The van der Waals surface area contributed by atoms with Crippen LogP contribution in [-0.2, 0) is 17.4 Å². The van der Waals surface area contributed by atoms with Crippen molar-refractivity contribution in [1.29, 1.82) is 0 Å². The normalized spacial score (nSPS) is 26.4. The highest BCUT2D eigenvalue weighted by Gasteiger charge is 2.38. The lowest BCUT2D eigenvalue weighted by atomic mass is 9.85. The first-order valence-corrected chi connectivity index (χ1v) is 4.91. The Morgan fingerprint density at radius 2 is 2.50 bits per heavy atom. The summed E-state index contributed by atoms with van der Waals surface area (Å²) in [6, 6.07) is 1.86. The molecule has 0 amide bonds. The molecule has 2 unspecified atom stereocenters. The summed E-state index contributed by atoms with van der Waals surface area (Å²) in [7, 11) is 1.85. The first-order chi connectivity index (χ1) is 6.62. The fourth-order valence-corrected chi connectivity index (χ4v) is 2.06. The minimum absolute atomic E-state index is 0.179. The molecular weight excluding hydrogens is 180 g/mol. The maximum Gasteiger partial charge on any atom is 0.108 e. The van der Waals surface area contributed by atoms with E-state index in [1.807, 2.05) is 20.0 Å². The molecule has 1 aliphatic rings. The molecule has 1 aliphatic heterocycles. The molecule has 1 N–H and O–H groups in total. The van der Waals surface area contributed by atoms with Gasteiger partial charge < -0.3 is 9.84 Å². The van der Waals surface area contributed by atoms with Gasteiger partial charge in [0.2, 0.25) is 0 Å². The van der Waals surface area contributed by atoms with Gasteiger partial charge in [-0.1, -0.05) is 0 Å². The Balaban J connectivity index is 2.26. The van der Waals surface area contributed by atoms with Crippen molar-refractivity contribution in [2.75, 3.05) is 13.2 Å². The average molecular weight is 196 g/mol. The van der Waals surface area contributed by atoms with E-state index in [-0.39, 0.29) is 5.92 Å². The van der Waals surface area contributed by atoms with Crippen molar-refractivity contribution in [3.05, 3.63) is 18.0 Å². The largest absolute Gasteiger partial charge is 0.383 e. The zero-order valence-electron chi connectivity index (χ0n) is 8.60. The Morgan fingerprint density at radius 1 is 1.71 bits per heavy atom. The van der Waals surface area contributed by atoms with Gasteiger partial charge in [-0.3, -0.25) is 4.68 Å². The predicted molar refractivity (Wildman–Crippen MR) is 51.7 cm³/mol. The standard InChI is InChI=1S/C10H16N2O2/c1-10(13,8-4-6-14-7-8)9-3-5-11-12(9)2/h3,5,8,13H,4,6-7H2,1-2H3. The van der Waals surface area contributed by atoms with E-state index in [0.717, 1.165) is 18.7 Å². The van der Waals surface area contributed by atoms with Crippen LogP contribution in [0, 0.1) is 5.92 Å². The van der Waals surface area contributed by atoms with Crippen LogP contribution < -0.4 is 0 Å². The third-order valence-electron chi connectivity index (χ3n) is 3.06. The van der Waals surface area contributed by atoms with Gasteiger partial charge in [0.05, 0.1) is 12.3 Å². The molecule has 0 aromatic carbocycles. The van der Waals surface area contributed by atoms with E-state index in [1.165, 1.54) is 0 Å². The van der Waals surface area contributed by atoms with Crippen LogP contribution in [-0.4, -0.2) is 28.1 Å². The summed E-state index contributed by atoms with van der Waals surface area (Å²) < 4.78 is 7.01. The SMILES string of the molecule is Cn1nccc1C(C)(O)C1CCOC1. The fraction of sp³-hybridized carbons (Fsp3) is 0.700. The summed E-state index contributed by atoms with van der Waals surface area (Å²) in [4.78, 5) is 0. The summed E-state index contributed by atoms with van der Waals surface area (Å²) >= 11 is 0. The maximum absolute atomic E-state index is 10.4. The van der Waals surface area contributed by atoms with Gasteiger partial charge in [0.25, 0.3) is 0 Å². The number of aryl methyl sites for hydroxylation is 1. The minimum atomic E-state index is -0.832. The minimum Gasteiger partial charge on any atom is -0.383 e. The topological polar surface area (TPSA) is 47.3 Å². The van der Waals surface area contributed by atoms with Crippen LogP contribution in [0.25, 0.3) is 0 Å². The molecule has 4 heteroatoms. The summed E-state index contributed by atoms with van der Waals surface area (Å²) in [6.07, 6.45) is 2.62. The van der Waals surface area contributed by atoms with Crippen LogP contribution >= 0.6 is 0 Å². The molecule has 1 saturated heterocycles. The summed E-state index contributed by atoms with van der Waals surface area (Å²) in [5, 5.41) is 14.5. The summed E-state index contributed by atoms with van der Waals surface area (Å²) in [5.41, 5.74) is 0.0230. The molecule has 2 atom stereocenters. The molecule has 0 saturated carbocycles. The molecule has 0 bridgehead atoms. The molecule has 78 valence electrons. The van der Waals surface area contributed by atoms with Crippen LogP contribution in [0.4, 0.5) is 0 Å². The zero-order chi connectivity index (χ0) is 10.2. The molecular formula is C10H16N2O2. The molecule has 14 heavy (non-hydrogen) atoms. The zero-order valence-corrected chi connectivity index (χ0v) is 8.60. The Bertz CT molecular complexity index is 314. The third-order valence-corrected chi connectivity index (χ3v) is 3.06. The second-order valence-corrected chi connectivity index (χ2v) is 4.05. The summed E-state index contributed by atoms with van der Waals surface area (Å²) in [6.45, 7) is 3.22. The second kappa shape index (κ2) is 3.37. The predicted octanol–water partition coefficient (Wildman–Crippen LogP) is 0.664. The van der Waals surface area contributed by atoms with Crippen molar-refractivity contribution in [3.8, 4) is 0 Å². The quantitative estimate of drug-likeness (QED) is 0.756. The Hall–Kier alpha value is -0.870. The number of aliphatic hydroxyl groups is 1. The highest BCUT2D eigenvalue weighted by atomic mass is 16.5. The van der Waals surface area contributed by atoms with Gasteiger partial charge in [-0.2, -0.15) is 5.10 Å². The van der Waals surface area contributed by atoms with E-state index < -0.39 is 5.60 Å². The van der Waals surface area contributed by atoms with Crippen molar-refractivity contribution >= 4 is 0 Å². The highest BCUT2D eigenvalue weighted by Crippen LogP contribution is 2.33. The van der Waals surface area contributed by atoms with Gasteiger partial charge in [0.1, 0.15) is 5.60 Å². The molecule has 0 aliphatic carbocycles. The number of aromatic nitrogens is 2. The molecule has 0 radical (unpaired) electrons. The van der Waals surface area contributed by atoms with E-state index in [2.05, 4.69) is 5.10 Å². The van der Waals surface area contributed by atoms with E-state index in [0.29, 0.717) is 6.61 Å². The third kappa shape index (κ3) is 1.44. The monoisotopic (exact) mass is 196 g/mol. The van der Waals surface area contributed by atoms with E-state index >= 15 is 0 Å². The average Bonchev–Trinajstić information content (AvgIpc) is 2.72. The lowest BCUT2D eigenvalue weighted by Gasteiger charge is -2.28. The first kappa shape index (κ1) is 9.68. The molecule has 4 nitrogen and oxygen atoms in total. The molecule has 0 spiro atoms. The Kier molecular flexibility index (Phi) is 2.33. The number of ether oxygens (including phenoxy) is 1. The van der Waals surface area contributed by atoms with Crippen molar-refractivity contribution < 1.29 is 9.84 Å². The first-order valence-electron chi connectivity index (χ1n) is 4.91. The van der Waals surface area contributed by atoms with Gasteiger partial charge in [-0.25, -0.2) is 0 Å². The fourth-order valence-electron chi connectivity index (χ4n) is 2.06. The number of hydrogen-bond acceptors (Lipinski definition) is 3. The van der Waals surface area contributed by atoms with Crippen molar-refractivity contribution in [1.82, 2.24) is 9.78 Å². The second-order valence-electron chi connectivity index (χ2n) is 4.05. The van der Waals surface area contributed by atoms with Crippen molar-refractivity contribution in [2.24, 2.45) is 13.0 Å². The van der Waals surface area contributed by atoms with Crippen LogP contribution in [0.15, 0.2) is 12.3 Å². The lowest BCUT2D eigenvalue weighted by molar-refractivity contribution is -0.0165. The molecule has 1 aromatic heterocycles. The van der Waals surface area contributed by atoms with Gasteiger partial charge >= 0.3 is 0 Å². The van der Waals surface area contributed by atoms with Crippen LogP contribution in [0.3, 0.4) is 0 Å². The maximum atomic E-state index is 10.4. The van der Waals surface area contributed by atoms with E-state index in [1.54, 1.807) is 10.9 Å². The van der Waals surface area contributed by atoms with Crippen molar-refractivity contribution in [2.45, 2.75) is 18.9 Å². The smallest absolute Gasteiger partial charge is 0.108 e. The van der Waals surface area contributed by atoms with Gasteiger partial charge in [0.15, 0.2) is 0 Å². The van der Waals surface area contributed by atoms with Gasteiger partial charge in [-0.15, -0.1) is 0 Å². The molecule has 1 fully saturated rings. The number of nitrogens with zero attached hydrogens (tertiary/aromatic N) is 2. The highest BCUT2D eigenvalue weighted by molar-refractivity contribution is 5.12. The van der Waals surface area contributed by atoms with Crippen LogP contribution in [0.5, 0.6) is 0 Å². The summed E-state index contributed by atoms with van der Waals surface area (Å²) in [5.74, 6) is 0.179. The Morgan fingerprint density at radius 3 is 3.00 bits per heavy atom. The van der Waals surface area contributed by atoms with Crippen LogP contribution in [0.2, 0.25) is 0 Å². The molecule has 2 heterocycles. The number of hydrogen-bond donors (Lipinski definition) is 1. The lowest BCUT2D eigenvalue weighted by Crippen LogP contribution is -2.34. The van der Waals surface area contributed by atoms with Crippen LogP contribution in [0.1, 0.15) is 19.0 Å². The number of rotatable bonds is 2.